The van der Waals surface area contributed by atoms with E-state index in [-0.39, 0.29) is 11.3 Å². The van der Waals surface area contributed by atoms with Gasteiger partial charge >= 0.3 is 0 Å². The number of nitrogens with two attached hydrogens (primary N) is 1. The lowest BCUT2D eigenvalue weighted by atomic mass is 10.0. The van der Waals surface area contributed by atoms with E-state index in [4.69, 9.17) is 10.5 Å². The minimum Gasteiger partial charge on any atom is -0.497 e. The summed E-state index contributed by atoms with van der Waals surface area (Å²) in [5.74, 6) is -2.73. The molecule has 20 heavy (non-hydrogen) atoms. The molecule has 6 heteroatoms. The molecule has 0 spiro atoms. The third kappa shape index (κ3) is 2.65. The molecule has 3 nitrogen and oxygen atoms in total. The number of halogens is 3. The van der Waals surface area contributed by atoms with Gasteiger partial charge in [0.15, 0.2) is 5.78 Å². The monoisotopic (exact) mass is 341 g/mol. The van der Waals surface area contributed by atoms with E-state index in [1.807, 2.05) is 0 Å². The maximum atomic E-state index is 13.8. The van der Waals surface area contributed by atoms with E-state index in [1.165, 1.54) is 19.2 Å². The van der Waals surface area contributed by atoms with Crippen LogP contribution in [0.2, 0.25) is 0 Å². The zero-order valence-corrected chi connectivity index (χ0v) is 12.0. The maximum absolute atomic E-state index is 13.8. The molecule has 0 saturated heterocycles. The van der Waals surface area contributed by atoms with Crippen LogP contribution in [0, 0.1) is 11.6 Å². The fraction of sp³-hybridized carbons (Fsp3) is 0.0714. The molecule has 0 unspecified atom stereocenters. The molecule has 0 aromatic heterocycles. The number of benzene rings is 2. The summed E-state index contributed by atoms with van der Waals surface area (Å²) in [6.45, 7) is 0. The first kappa shape index (κ1) is 14.5. The molecule has 0 aliphatic carbocycles. The summed E-state index contributed by atoms with van der Waals surface area (Å²) >= 11 is 3.18. The highest BCUT2D eigenvalue weighted by Gasteiger charge is 2.21. The van der Waals surface area contributed by atoms with E-state index >= 15 is 0 Å². The van der Waals surface area contributed by atoms with Gasteiger partial charge in [-0.05, 0) is 34.1 Å². The van der Waals surface area contributed by atoms with Crippen LogP contribution in [-0.2, 0) is 0 Å². The lowest BCUT2D eigenvalue weighted by molar-refractivity contribution is 0.103. The Kier molecular flexibility index (Phi) is 4.04. The zero-order chi connectivity index (χ0) is 14.9. The van der Waals surface area contributed by atoms with E-state index in [0.717, 1.165) is 12.1 Å². The number of rotatable bonds is 3. The smallest absolute Gasteiger partial charge is 0.199 e. The average Bonchev–Trinajstić information content (AvgIpc) is 2.40. The van der Waals surface area contributed by atoms with Crippen LogP contribution in [0.5, 0.6) is 5.75 Å². The second-order valence-electron chi connectivity index (χ2n) is 4.03. The summed E-state index contributed by atoms with van der Waals surface area (Å²) in [5.41, 5.74) is 5.44. The van der Waals surface area contributed by atoms with Crippen LogP contribution >= 0.6 is 15.9 Å². The molecule has 0 atom stereocenters. The Morgan fingerprint density at radius 1 is 1.20 bits per heavy atom. The molecule has 0 bridgehead atoms. The summed E-state index contributed by atoms with van der Waals surface area (Å²) in [4.78, 5) is 12.2. The number of hydrogen-bond donors (Lipinski definition) is 1. The highest BCUT2D eigenvalue weighted by Crippen LogP contribution is 2.26. The normalized spacial score (nSPS) is 10.4. The number of anilines is 1. The van der Waals surface area contributed by atoms with Gasteiger partial charge in [0.1, 0.15) is 17.4 Å². The van der Waals surface area contributed by atoms with Gasteiger partial charge in [0, 0.05) is 27.9 Å². The first-order valence-corrected chi connectivity index (χ1v) is 6.36. The summed E-state index contributed by atoms with van der Waals surface area (Å²) in [5, 5.41) is 0. The van der Waals surface area contributed by atoms with Gasteiger partial charge in [-0.2, -0.15) is 0 Å². The molecule has 2 N–H and O–H groups in total. The van der Waals surface area contributed by atoms with E-state index < -0.39 is 23.0 Å². The van der Waals surface area contributed by atoms with Crippen molar-refractivity contribution in [3.8, 4) is 5.75 Å². The van der Waals surface area contributed by atoms with Gasteiger partial charge in [0.25, 0.3) is 0 Å². The standard InChI is InChI=1S/C14H10BrF2NO2/c1-20-8-5-10(16)13(11(17)6-8)14(19)7-2-3-9(15)12(18)4-7/h2-6H,18H2,1H3. The van der Waals surface area contributed by atoms with Gasteiger partial charge < -0.3 is 10.5 Å². The molecule has 0 heterocycles. The molecule has 0 radical (unpaired) electrons. The van der Waals surface area contributed by atoms with Gasteiger partial charge in [0.2, 0.25) is 0 Å². The SMILES string of the molecule is COc1cc(F)c(C(=O)c2ccc(Br)c(N)c2)c(F)c1. The molecule has 0 amide bonds. The fourth-order valence-corrected chi connectivity index (χ4v) is 1.96. The van der Waals surface area contributed by atoms with Crippen LogP contribution in [0.3, 0.4) is 0 Å². The van der Waals surface area contributed by atoms with E-state index in [0.29, 0.717) is 10.2 Å². The van der Waals surface area contributed by atoms with Gasteiger partial charge in [-0.15, -0.1) is 0 Å². The molecule has 2 aromatic carbocycles. The van der Waals surface area contributed by atoms with Crippen molar-refractivity contribution >= 4 is 27.4 Å². The number of carbonyl (C=O) groups excluding carboxylic acids is 1. The first-order valence-electron chi connectivity index (χ1n) is 5.56. The van der Waals surface area contributed by atoms with Crippen molar-refractivity contribution in [2.75, 3.05) is 12.8 Å². The van der Waals surface area contributed by atoms with Gasteiger partial charge in [-0.25, -0.2) is 8.78 Å². The molecule has 0 aliphatic rings. The van der Waals surface area contributed by atoms with Crippen LogP contribution in [0.1, 0.15) is 15.9 Å². The number of hydrogen-bond acceptors (Lipinski definition) is 3. The summed E-state index contributed by atoms with van der Waals surface area (Å²) < 4.78 is 33.0. The Labute approximate surface area is 122 Å². The van der Waals surface area contributed by atoms with Crippen molar-refractivity contribution < 1.29 is 18.3 Å². The Balaban J connectivity index is 2.50. The lowest BCUT2D eigenvalue weighted by Gasteiger charge is -2.08. The number of methoxy groups -OCH3 is 1. The molecular formula is C14H10BrF2NO2. The summed E-state index contributed by atoms with van der Waals surface area (Å²) in [6.07, 6.45) is 0. The minimum absolute atomic E-state index is 0.00636. The minimum atomic E-state index is -0.978. The summed E-state index contributed by atoms with van der Waals surface area (Å²) in [7, 11) is 1.28. The second kappa shape index (κ2) is 5.58. The quantitative estimate of drug-likeness (QED) is 0.686. The van der Waals surface area contributed by atoms with Crippen molar-refractivity contribution in [1.82, 2.24) is 0 Å². The highest BCUT2D eigenvalue weighted by atomic mass is 79.9. The molecule has 0 saturated carbocycles. The van der Waals surface area contributed by atoms with Crippen molar-refractivity contribution in [2.45, 2.75) is 0 Å². The van der Waals surface area contributed by atoms with Gasteiger partial charge in [0.05, 0.1) is 12.7 Å². The second-order valence-corrected chi connectivity index (χ2v) is 4.89. The van der Waals surface area contributed by atoms with Gasteiger partial charge in [-0.3, -0.25) is 4.79 Å². The van der Waals surface area contributed by atoms with Crippen LogP contribution in [0.4, 0.5) is 14.5 Å². The van der Waals surface area contributed by atoms with Crippen LogP contribution < -0.4 is 10.5 Å². The average molecular weight is 342 g/mol. The fourth-order valence-electron chi connectivity index (χ4n) is 1.71. The van der Waals surface area contributed by atoms with Crippen molar-refractivity contribution in [2.24, 2.45) is 0 Å². The third-order valence-corrected chi connectivity index (χ3v) is 3.46. The topological polar surface area (TPSA) is 52.3 Å². The van der Waals surface area contributed by atoms with Crippen molar-refractivity contribution in [3.05, 3.63) is 57.6 Å². The largest absolute Gasteiger partial charge is 0.497 e. The zero-order valence-electron chi connectivity index (χ0n) is 10.4. The molecule has 0 aliphatic heterocycles. The van der Waals surface area contributed by atoms with Crippen LogP contribution in [-0.4, -0.2) is 12.9 Å². The number of carbonyl (C=O) groups is 1. The maximum Gasteiger partial charge on any atom is 0.199 e. The molecule has 2 rings (SSSR count). The highest BCUT2D eigenvalue weighted by molar-refractivity contribution is 9.10. The Bertz CT molecular complexity index is 666. The van der Waals surface area contributed by atoms with Crippen molar-refractivity contribution in [3.63, 3.8) is 0 Å². The van der Waals surface area contributed by atoms with Gasteiger partial charge in [-0.1, -0.05) is 0 Å². The number of nitrogen functional groups attached to an aromatic ring is 1. The van der Waals surface area contributed by atoms with Crippen LogP contribution in [0.15, 0.2) is 34.8 Å². The predicted octanol–water partition coefficient (Wildman–Crippen LogP) is 3.55. The summed E-state index contributed by atoms with van der Waals surface area (Å²) in [6, 6.07) is 6.25. The molecular weight excluding hydrogens is 332 g/mol. The number of ketones is 1. The molecule has 0 fully saturated rings. The van der Waals surface area contributed by atoms with E-state index in [9.17, 15) is 13.6 Å². The van der Waals surface area contributed by atoms with E-state index in [2.05, 4.69) is 15.9 Å². The number of ether oxygens (including phenoxy) is 1. The molecule has 2 aromatic rings. The van der Waals surface area contributed by atoms with Crippen LogP contribution in [0.25, 0.3) is 0 Å². The molecule has 104 valence electrons. The van der Waals surface area contributed by atoms with Crippen molar-refractivity contribution in [1.29, 1.82) is 0 Å². The Morgan fingerprint density at radius 2 is 1.80 bits per heavy atom. The lowest BCUT2D eigenvalue weighted by Crippen LogP contribution is -2.08. The Hall–Kier alpha value is -1.95. The first-order chi connectivity index (χ1) is 9.43. The Morgan fingerprint density at radius 3 is 2.30 bits per heavy atom. The van der Waals surface area contributed by atoms with E-state index in [1.54, 1.807) is 6.07 Å². The predicted molar refractivity (Wildman–Crippen MR) is 74.9 cm³/mol. The third-order valence-electron chi connectivity index (χ3n) is 2.74.